The van der Waals surface area contributed by atoms with Gasteiger partial charge in [0, 0.05) is 16.8 Å². The van der Waals surface area contributed by atoms with Gasteiger partial charge in [0.25, 0.3) is 0 Å². The number of halogens is 2. The summed E-state index contributed by atoms with van der Waals surface area (Å²) in [5.41, 5.74) is 0.692. The standard InChI is InChI=1S/6C9H21N2.2ClH.4Co.2Li/c3*1-8(7-11(5)6)10-9(2,3)4;3*1-8(11(5)6)7-10-9(2,3)4;;;;;;;;/h6*8H,7H2,1-6H3;2*1H;;;;;;/q6*-1;;;;3*+2;2*+1. The summed E-state index contributed by atoms with van der Waals surface area (Å²) in [6.07, 6.45) is 0. The first-order valence-electron chi connectivity index (χ1n) is 25.6. The van der Waals surface area contributed by atoms with Gasteiger partial charge in [0.15, 0.2) is 0 Å². The summed E-state index contributed by atoms with van der Waals surface area (Å²) in [6, 6.07) is 3.08. The Bertz CT molecular complexity index is 981. The molecule has 0 aromatic heterocycles. The largest absolute Gasteiger partial charge is 2.00 e. The van der Waals surface area contributed by atoms with Crippen LogP contribution in [0.3, 0.4) is 0 Å². The first-order chi connectivity index (χ1) is 30.3. The van der Waals surface area contributed by atoms with Crippen LogP contribution in [0.25, 0.3) is 31.9 Å². The second-order valence-electron chi connectivity index (χ2n) is 26.6. The van der Waals surface area contributed by atoms with E-state index in [2.05, 4.69) is 302 Å². The maximum Gasteiger partial charge on any atom is 2.00 e. The van der Waals surface area contributed by atoms with Crippen molar-refractivity contribution in [2.24, 2.45) is 0 Å². The average Bonchev–Trinajstić information content (AvgIpc) is 3.05. The molecule has 6 unspecified atom stereocenters. The van der Waals surface area contributed by atoms with E-state index in [1.165, 1.54) is 9.80 Å². The van der Waals surface area contributed by atoms with E-state index in [-0.39, 0.29) is 121 Å². The molecule has 20 heteroatoms. The fraction of sp³-hybridized carbons (Fsp3) is 1.00. The van der Waals surface area contributed by atoms with Gasteiger partial charge in [0.05, 0.1) is 40.8 Å². The van der Waals surface area contributed by atoms with Gasteiger partial charge in [0.2, 0.25) is 0 Å². The van der Waals surface area contributed by atoms with Crippen molar-refractivity contribution in [1.29, 1.82) is 0 Å². The number of hydrogen-bond acceptors (Lipinski definition) is 4. The fourth-order valence-corrected chi connectivity index (χ4v) is 5.49. The van der Waals surface area contributed by atoms with Gasteiger partial charge in [-0.25, -0.2) is 0 Å². The summed E-state index contributed by atoms with van der Waals surface area (Å²) in [5.74, 6) is 0. The van der Waals surface area contributed by atoms with Crippen LogP contribution in [0.5, 0.6) is 0 Å². The molecule has 6 atom stereocenters. The maximum atomic E-state index is 4.73. The molecule has 0 aromatic rings. The van der Waals surface area contributed by atoms with Crippen LogP contribution in [-0.2, 0) is 63.2 Å². The van der Waals surface area contributed by atoms with Crippen molar-refractivity contribution in [1.82, 2.24) is 19.6 Å². The first-order valence-corrected chi connectivity index (χ1v) is 28.5. The van der Waals surface area contributed by atoms with Crippen LogP contribution in [0.2, 0.25) is 0 Å². The van der Waals surface area contributed by atoms with Gasteiger partial charge in [0.1, 0.15) is 0 Å². The first kappa shape index (κ1) is 106. The van der Waals surface area contributed by atoms with E-state index in [9.17, 15) is 0 Å². The molecule has 0 rings (SSSR count). The van der Waals surface area contributed by atoms with Gasteiger partial charge in [-0.15, -0.1) is 58.4 Å². The molecule has 3 radical (unpaired) electrons. The third kappa shape index (κ3) is 114. The van der Waals surface area contributed by atoms with Gasteiger partial charge in [-0.3, -0.25) is 0 Å². The molecular formula is C54H128Cl2Co4Li2N12+2. The molecule has 74 heavy (non-hydrogen) atoms. The zero-order valence-electron chi connectivity index (χ0n) is 56.3. The van der Waals surface area contributed by atoms with E-state index >= 15 is 0 Å². The quantitative estimate of drug-likeness (QED) is 0.185. The molecule has 12 nitrogen and oxygen atoms in total. The maximum absolute atomic E-state index is 4.73. The SMILES string of the molecule is CC(CN(C)C)[N-]C(C)(C)C.CC(CN(C)C)[N-]C(C)(C)C.CC(C[N-]C(C)(C)C)N(C)C.CC(C[N-]C(C)(C)C)N(C)C.CC(C[N-]C(C)(C)C)[NH+](C)C.CC(C[NH+](C)C)[N-]C(C)(C)C.[Cl][Co][Cl].[Co+2].[Co+2].[Co].[Li+].[Li+]. The van der Waals surface area contributed by atoms with Gasteiger partial charge in [-0.2, -0.15) is 0 Å². The Morgan fingerprint density at radius 2 is 0.635 bits per heavy atom. The summed E-state index contributed by atoms with van der Waals surface area (Å²) in [5, 5.41) is 27.5. The third-order valence-electron chi connectivity index (χ3n) is 9.03. The Hall–Kier alpha value is 3.32. The van der Waals surface area contributed by atoms with Crippen LogP contribution in [0.4, 0.5) is 0 Å². The van der Waals surface area contributed by atoms with E-state index in [1.54, 1.807) is 0 Å². The zero-order chi connectivity index (χ0) is 57.1. The van der Waals surface area contributed by atoms with Crippen LogP contribution in [0.15, 0.2) is 0 Å². The van der Waals surface area contributed by atoms with Crippen LogP contribution in [-0.4, -0.2) is 213 Å². The third-order valence-corrected chi connectivity index (χ3v) is 9.03. The van der Waals surface area contributed by atoms with Crippen molar-refractivity contribution in [3.05, 3.63) is 31.9 Å². The molecule has 0 bridgehead atoms. The average molecular weight is 1270 g/mol. The van der Waals surface area contributed by atoms with Crippen LogP contribution < -0.4 is 47.5 Å². The van der Waals surface area contributed by atoms with Crippen molar-refractivity contribution in [3.8, 4) is 0 Å². The predicted molar refractivity (Wildman–Crippen MR) is 317 cm³/mol. The van der Waals surface area contributed by atoms with E-state index in [1.807, 2.05) is 0 Å². The molecule has 0 aliphatic carbocycles. The summed E-state index contributed by atoms with van der Waals surface area (Å²) in [6.45, 7) is 57.6. The second kappa shape index (κ2) is 55.5. The molecule has 0 saturated carbocycles. The van der Waals surface area contributed by atoms with E-state index in [0.717, 1.165) is 39.3 Å². The summed E-state index contributed by atoms with van der Waals surface area (Å²) in [7, 11) is 34.8. The van der Waals surface area contributed by atoms with Crippen LogP contribution in [0.1, 0.15) is 166 Å². The number of nitrogens with zero attached hydrogens (tertiary/aromatic N) is 10. The minimum absolute atomic E-state index is 0. The van der Waals surface area contributed by atoms with Crippen molar-refractivity contribution in [2.75, 3.05) is 124 Å². The molecule has 0 spiro atoms. The van der Waals surface area contributed by atoms with Crippen molar-refractivity contribution in [2.45, 2.75) is 236 Å². The molecule has 0 aromatic carbocycles. The van der Waals surface area contributed by atoms with E-state index in [4.69, 9.17) is 20.3 Å². The minimum Gasteiger partial charge on any atom is 0 e. The molecule has 0 aliphatic heterocycles. The van der Waals surface area contributed by atoms with Crippen molar-refractivity contribution in [3.63, 3.8) is 0 Å². The van der Waals surface area contributed by atoms with E-state index in [0.29, 0.717) is 49.1 Å². The monoisotopic (exact) mass is 1260 g/mol. The zero-order valence-corrected chi connectivity index (χ0v) is 61.9. The fourth-order valence-electron chi connectivity index (χ4n) is 5.49. The molecule has 0 heterocycles. The Morgan fingerprint density at radius 3 is 0.797 bits per heavy atom. The summed E-state index contributed by atoms with van der Waals surface area (Å²) in [4.78, 5) is 11.6. The van der Waals surface area contributed by atoms with Crippen LogP contribution in [0, 0.1) is 0 Å². The molecule has 0 saturated heterocycles. The number of rotatable bonds is 18. The molecule has 0 aliphatic rings. The Labute approximate surface area is 537 Å². The summed E-state index contributed by atoms with van der Waals surface area (Å²) >= 11 is 0.382. The molecule has 0 amide bonds. The molecule has 0 fully saturated rings. The second-order valence-corrected chi connectivity index (χ2v) is 28.3. The Kier molecular flexibility index (Phi) is 79.2. The van der Waals surface area contributed by atoms with Crippen molar-refractivity contribution >= 4 is 20.3 Å². The number of hydrogen-bond donors (Lipinski definition) is 2. The Morgan fingerprint density at radius 1 is 0.419 bits per heavy atom. The molecule has 454 valence electrons. The molecular weight excluding hydrogens is 1140 g/mol. The number of likely N-dealkylation sites (N-methyl/N-ethyl adjacent to an activating group) is 6. The van der Waals surface area contributed by atoms with Crippen LogP contribution >= 0.6 is 20.3 Å². The molecule has 2 N–H and O–H groups in total. The van der Waals surface area contributed by atoms with E-state index < -0.39 is 0 Å². The van der Waals surface area contributed by atoms with Crippen molar-refractivity contribution < 1.29 is 111 Å². The summed E-state index contributed by atoms with van der Waals surface area (Å²) < 4.78 is 0. The van der Waals surface area contributed by atoms with Gasteiger partial charge < -0.3 is 61.3 Å². The van der Waals surface area contributed by atoms with Gasteiger partial charge >= 0.3 is 104 Å². The minimum atomic E-state index is 0. The predicted octanol–water partition coefficient (Wildman–Crippen LogP) is 5.19. The Balaban J connectivity index is -0.0000000608. The smallest absolute Gasteiger partial charge is 0 e. The number of nitrogens with one attached hydrogen (secondary N) is 2. The number of quaternary nitrogens is 2. The van der Waals surface area contributed by atoms with Gasteiger partial charge in [-0.05, 0) is 88.5 Å². The van der Waals surface area contributed by atoms with Gasteiger partial charge in [-0.1, -0.05) is 172 Å². The topological polar surface area (TPSA) is 106 Å². The normalized spacial score (nSPS) is 14.2.